The molecule has 0 radical (unpaired) electrons. The Hall–Kier alpha value is -1.24. The first-order valence-electron chi connectivity index (χ1n) is 6.59. The van der Waals surface area contributed by atoms with Gasteiger partial charge in [-0.2, -0.15) is 0 Å². The molecule has 1 atom stereocenters. The summed E-state index contributed by atoms with van der Waals surface area (Å²) >= 11 is 11.8. The maximum absolute atomic E-state index is 10.3. The Kier molecular flexibility index (Phi) is 8.59. The van der Waals surface area contributed by atoms with E-state index in [1.165, 1.54) is 18.3 Å². The third-order valence-electron chi connectivity index (χ3n) is 2.64. The molecule has 1 heterocycles. The van der Waals surface area contributed by atoms with Gasteiger partial charge in [-0.1, -0.05) is 23.2 Å². The summed E-state index contributed by atoms with van der Waals surface area (Å²) in [5, 5.41) is 11.1. The quantitative estimate of drug-likeness (QED) is 0.534. The summed E-state index contributed by atoms with van der Waals surface area (Å²) in [6, 6.07) is 8.26. The van der Waals surface area contributed by atoms with E-state index in [2.05, 4.69) is 4.98 Å². The first-order chi connectivity index (χ1) is 10.9. The number of aliphatic carboxylic acids is 1. The standard InChI is InChI=1S/C16H13Cl2NO4.Na/c1-10(2-7-15(20)21)22-12-3-5-13(6-4-12)23-16-14(18)8-11(17)9-19-16;/h2-10H,1H3,(H,20,21);/q;+1/p-1/b7-2+;. The number of aromatic nitrogens is 1. The van der Waals surface area contributed by atoms with Crippen molar-refractivity contribution in [3.8, 4) is 17.4 Å². The van der Waals surface area contributed by atoms with Crippen LogP contribution in [0.25, 0.3) is 0 Å². The van der Waals surface area contributed by atoms with E-state index in [-0.39, 0.29) is 35.4 Å². The molecule has 1 aromatic heterocycles. The van der Waals surface area contributed by atoms with Gasteiger partial charge in [-0.25, -0.2) is 4.98 Å². The van der Waals surface area contributed by atoms with Crippen LogP contribution >= 0.6 is 23.2 Å². The van der Waals surface area contributed by atoms with Crippen LogP contribution in [0.15, 0.2) is 48.7 Å². The summed E-state index contributed by atoms with van der Waals surface area (Å²) in [6.07, 6.45) is 3.34. The number of benzene rings is 1. The number of rotatable bonds is 6. The van der Waals surface area contributed by atoms with Gasteiger partial charge in [-0.05, 0) is 49.4 Å². The zero-order chi connectivity index (χ0) is 16.8. The molecule has 1 unspecified atom stereocenters. The van der Waals surface area contributed by atoms with Gasteiger partial charge in [0.25, 0.3) is 0 Å². The second-order valence-electron chi connectivity index (χ2n) is 4.52. The summed E-state index contributed by atoms with van der Waals surface area (Å²) < 4.78 is 11.1. The van der Waals surface area contributed by atoms with Crippen LogP contribution in [-0.4, -0.2) is 17.1 Å². The van der Waals surface area contributed by atoms with Gasteiger partial charge < -0.3 is 19.4 Å². The summed E-state index contributed by atoms with van der Waals surface area (Å²) in [5.74, 6) is 0.0570. The number of hydrogen-bond donors (Lipinski definition) is 0. The number of halogens is 2. The van der Waals surface area contributed by atoms with Gasteiger partial charge in [-0.3, -0.25) is 0 Å². The first-order valence-corrected chi connectivity index (χ1v) is 7.34. The molecular formula is C16H12Cl2NNaO4. The maximum atomic E-state index is 10.3. The zero-order valence-electron chi connectivity index (χ0n) is 13.0. The SMILES string of the molecule is CC(/C=C/C(=O)[O-])Oc1ccc(Oc2ncc(Cl)cc2Cl)cc1.[Na+]. The molecule has 120 valence electrons. The van der Waals surface area contributed by atoms with Crippen molar-refractivity contribution in [2.24, 2.45) is 0 Å². The maximum Gasteiger partial charge on any atom is 1.00 e. The van der Waals surface area contributed by atoms with E-state index >= 15 is 0 Å². The molecule has 2 aromatic rings. The van der Waals surface area contributed by atoms with E-state index in [0.29, 0.717) is 21.5 Å². The molecule has 0 aliphatic rings. The van der Waals surface area contributed by atoms with Crippen LogP contribution < -0.4 is 44.1 Å². The van der Waals surface area contributed by atoms with Crippen molar-refractivity contribution in [3.05, 3.63) is 58.7 Å². The molecule has 5 nitrogen and oxygen atoms in total. The molecule has 24 heavy (non-hydrogen) atoms. The fourth-order valence-electron chi connectivity index (χ4n) is 1.64. The van der Waals surface area contributed by atoms with Crippen molar-refractivity contribution < 1.29 is 48.9 Å². The summed E-state index contributed by atoms with van der Waals surface area (Å²) in [7, 11) is 0. The zero-order valence-corrected chi connectivity index (χ0v) is 16.5. The van der Waals surface area contributed by atoms with Crippen molar-refractivity contribution in [3.63, 3.8) is 0 Å². The van der Waals surface area contributed by atoms with Crippen molar-refractivity contribution >= 4 is 29.2 Å². The minimum atomic E-state index is -1.27. The van der Waals surface area contributed by atoms with Crippen LogP contribution in [0.2, 0.25) is 10.0 Å². The van der Waals surface area contributed by atoms with Gasteiger partial charge in [0.1, 0.15) is 22.6 Å². The van der Waals surface area contributed by atoms with Crippen LogP contribution in [0.4, 0.5) is 0 Å². The molecule has 0 saturated heterocycles. The van der Waals surface area contributed by atoms with Crippen molar-refractivity contribution in [1.29, 1.82) is 0 Å². The molecule has 1 aromatic carbocycles. The van der Waals surface area contributed by atoms with E-state index in [0.717, 1.165) is 6.08 Å². The fraction of sp³-hybridized carbons (Fsp3) is 0.125. The van der Waals surface area contributed by atoms with Gasteiger partial charge in [-0.15, -0.1) is 0 Å². The molecule has 0 spiro atoms. The topological polar surface area (TPSA) is 71.5 Å². The minimum Gasteiger partial charge on any atom is -0.545 e. The Labute approximate surface area is 171 Å². The third kappa shape index (κ3) is 6.71. The molecule has 0 fully saturated rings. The number of ether oxygens (including phenoxy) is 2. The summed E-state index contributed by atoms with van der Waals surface area (Å²) in [6.45, 7) is 1.71. The van der Waals surface area contributed by atoms with Crippen LogP contribution in [0.1, 0.15) is 6.92 Å². The van der Waals surface area contributed by atoms with Crippen molar-refractivity contribution in [1.82, 2.24) is 4.98 Å². The number of carbonyl (C=O) groups is 1. The Balaban J connectivity index is 0.00000288. The van der Waals surface area contributed by atoms with Gasteiger partial charge in [0.2, 0.25) is 5.88 Å². The second kappa shape index (κ2) is 9.91. The Morgan fingerprint density at radius 1 is 1.25 bits per heavy atom. The normalized spacial score (nSPS) is 11.6. The molecule has 0 amide bonds. The number of pyridine rings is 1. The summed E-state index contributed by atoms with van der Waals surface area (Å²) in [4.78, 5) is 14.3. The average Bonchev–Trinajstić information content (AvgIpc) is 2.50. The Morgan fingerprint density at radius 2 is 1.88 bits per heavy atom. The molecule has 0 bridgehead atoms. The van der Waals surface area contributed by atoms with E-state index in [1.54, 1.807) is 31.2 Å². The second-order valence-corrected chi connectivity index (χ2v) is 5.36. The van der Waals surface area contributed by atoms with Gasteiger partial charge in [0.15, 0.2) is 0 Å². The molecule has 8 heteroatoms. The third-order valence-corrected chi connectivity index (χ3v) is 3.12. The monoisotopic (exact) mass is 375 g/mol. The number of carboxylic acid groups (broad SMARTS) is 1. The number of hydrogen-bond acceptors (Lipinski definition) is 5. The van der Waals surface area contributed by atoms with Crippen molar-refractivity contribution in [2.75, 3.05) is 0 Å². The average molecular weight is 376 g/mol. The van der Waals surface area contributed by atoms with Gasteiger partial charge in [0.05, 0.1) is 11.0 Å². The largest absolute Gasteiger partial charge is 1.00 e. The van der Waals surface area contributed by atoms with Crippen LogP contribution in [-0.2, 0) is 4.79 Å². The van der Waals surface area contributed by atoms with E-state index in [4.69, 9.17) is 32.7 Å². The number of carboxylic acids is 1. The molecule has 0 saturated carbocycles. The van der Waals surface area contributed by atoms with Crippen LogP contribution in [0.3, 0.4) is 0 Å². The van der Waals surface area contributed by atoms with E-state index in [9.17, 15) is 9.90 Å². The number of nitrogens with zero attached hydrogens (tertiary/aromatic N) is 1. The minimum absolute atomic E-state index is 0. The summed E-state index contributed by atoms with van der Waals surface area (Å²) in [5.41, 5.74) is 0. The molecular weight excluding hydrogens is 364 g/mol. The molecule has 0 aliphatic carbocycles. The fourth-order valence-corrected chi connectivity index (χ4v) is 2.06. The van der Waals surface area contributed by atoms with Gasteiger partial charge >= 0.3 is 29.6 Å². The predicted octanol–water partition coefficient (Wildman–Crippen LogP) is 0.258. The van der Waals surface area contributed by atoms with E-state index < -0.39 is 12.1 Å². The smallest absolute Gasteiger partial charge is 0.545 e. The Morgan fingerprint density at radius 3 is 2.46 bits per heavy atom. The predicted molar refractivity (Wildman–Crippen MR) is 85.0 cm³/mol. The first kappa shape index (κ1) is 20.8. The molecule has 0 N–H and O–H groups in total. The van der Waals surface area contributed by atoms with Crippen molar-refractivity contribution in [2.45, 2.75) is 13.0 Å². The Bertz CT molecular complexity index is 723. The van der Waals surface area contributed by atoms with Gasteiger partial charge in [0, 0.05) is 6.20 Å². The van der Waals surface area contributed by atoms with Crippen LogP contribution in [0.5, 0.6) is 17.4 Å². The number of carbonyl (C=O) groups excluding carboxylic acids is 1. The van der Waals surface area contributed by atoms with E-state index in [1.807, 2.05) is 0 Å². The molecule has 2 rings (SSSR count). The van der Waals surface area contributed by atoms with Crippen LogP contribution in [0, 0.1) is 0 Å². The molecule has 0 aliphatic heterocycles.